The van der Waals surface area contributed by atoms with Crippen molar-refractivity contribution in [2.24, 2.45) is 5.73 Å². The summed E-state index contributed by atoms with van der Waals surface area (Å²) in [5.41, 5.74) is 8.28. The molecule has 25 heavy (non-hydrogen) atoms. The van der Waals surface area contributed by atoms with E-state index in [0.29, 0.717) is 12.4 Å². The minimum atomic E-state index is 0.656. The predicted molar refractivity (Wildman–Crippen MR) is 103 cm³/mol. The topological polar surface area (TPSA) is 64.9 Å². The van der Waals surface area contributed by atoms with Crippen molar-refractivity contribution in [3.63, 3.8) is 0 Å². The lowest BCUT2D eigenvalue weighted by Gasteiger charge is -2.04. The average Bonchev–Trinajstić information content (AvgIpc) is 3.10. The van der Waals surface area contributed by atoms with E-state index in [1.54, 1.807) is 0 Å². The standard InChI is InChI=1S/C21H33N3O/c1-2-3-4-5-6-7-9-18-11-13-19(14-12-18)15-16-20-23-21(25-24-20)10-8-17-22/h11-14H,2-10,15-17,22H2,1H3. The summed E-state index contributed by atoms with van der Waals surface area (Å²) in [6.07, 6.45) is 12.8. The van der Waals surface area contributed by atoms with Crippen molar-refractivity contribution in [3.8, 4) is 0 Å². The lowest BCUT2D eigenvalue weighted by molar-refractivity contribution is 0.371. The first-order chi connectivity index (χ1) is 12.3. The SMILES string of the molecule is CCCCCCCCc1ccc(CCc2noc(CCCN)n2)cc1. The zero-order valence-electron chi connectivity index (χ0n) is 15.7. The van der Waals surface area contributed by atoms with E-state index in [1.807, 2.05) is 0 Å². The van der Waals surface area contributed by atoms with Crippen molar-refractivity contribution in [2.45, 2.75) is 77.6 Å². The number of aromatic nitrogens is 2. The second-order valence-electron chi connectivity index (χ2n) is 6.83. The molecule has 2 aromatic rings. The van der Waals surface area contributed by atoms with E-state index in [2.05, 4.69) is 41.3 Å². The van der Waals surface area contributed by atoms with Crippen molar-refractivity contribution in [2.75, 3.05) is 6.54 Å². The molecule has 0 radical (unpaired) electrons. The van der Waals surface area contributed by atoms with Gasteiger partial charge in [0.1, 0.15) is 0 Å². The zero-order chi connectivity index (χ0) is 17.7. The van der Waals surface area contributed by atoms with Gasteiger partial charge in [0.25, 0.3) is 0 Å². The normalized spacial score (nSPS) is 11.1. The summed E-state index contributed by atoms with van der Waals surface area (Å²) < 4.78 is 5.24. The maximum atomic E-state index is 5.50. The average molecular weight is 344 g/mol. The van der Waals surface area contributed by atoms with Gasteiger partial charge < -0.3 is 10.3 Å². The Morgan fingerprint density at radius 2 is 1.48 bits per heavy atom. The van der Waals surface area contributed by atoms with Crippen LogP contribution < -0.4 is 5.73 Å². The van der Waals surface area contributed by atoms with Gasteiger partial charge in [-0.15, -0.1) is 0 Å². The van der Waals surface area contributed by atoms with Gasteiger partial charge in [-0.2, -0.15) is 4.98 Å². The molecule has 0 saturated heterocycles. The van der Waals surface area contributed by atoms with E-state index in [-0.39, 0.29) is 0 Å². The fraction of sp³-hybridized carbons (Fsp3) is 0.619. The maximum absolute atomic E-state index is 5.50. The Hall–Kier alpha value is -1.68. The summed E-state index contributed by atoms with van der Waals surface area (Å²) in [6.45, 7) is 2.92. The van der Waals surface area contributed by atoms with Crippen molar-refractivity contribution in [1.29, 1.82) is 0 Å². The lowest BCUT2D eigenvalue weighted by atomic mass is 10.0. The Morgan fingerprint density at radius 1 is 0.800 bits per heavy atom. The van der Waals surface area contributed by atoms with E-state index in [9.17, 15) is 0 Å². The molecule has 0 amide bonds. The third kappa shape index (κ3) is 7.82. The highest BCUT2D eigenvalue weighted by Crippen LogP contribution is 2.12. The van der Waals surface area contributed by atoms with Crippen molar-refractivity contribution in [3.05, 3.63) is 47.1 Å². The second kappa shape index (κ2) is 11.8. The third-order valence-corrected chi connectivity index (χ3v) is 4.58. The summed E-state index contributed by atoms with van der Waals surface area (Å²) in [7, 11) is 0. The molecule has 1 aromatic carbocycles. The molecule has 0 aliphatic carbocycles. The molecule has 4 nitrogen and oxygen atoms in total. The fourth-order valence-corrected chi connectivity index (χ4v) is 2.98. The largest absolute Gasteiger partial charge is 0.339 e. The third-order valence-electron chi connectivity index (χ3n) is 4.58. The van der Waals surface area contributed by atoms with Crippen LogP contribution in [0.25, 0.3) is 0 Å². The van der Waals surface area contributed by atoms with Gasteiger partial charge in [-0.25, -0.2) is 0 Å². The quantitative estimate of drug-likeness (QED) is 0.538. The van der Waals surface area contributed by atoms with Crippen molar-refractivity contribution < 1.29 is 4.52 Å². The van der Waals surface area contributed by atoms with E-state index >= 15 is 0 Å². The molecule has 138 valence electrons. The predicted octanol–water partition coefficient (Wildman–Crippen LogP) is 4.65. The first kappa shape index (κ1) is 19.6. The summed E-state index contributed by atoms with van der Waals surface area (Å²) in [5, 5.41) is 4.05. The van der Waals surface area contributed by atoms with Crippen molar-refractivity contribution >= 4 is 0 Å². The number of aryl methyl sites for hydroxylation is 4. The van der Waals surface area contributed by atoms with Crippen LogP contribution in [0.2, 0.25) is 0 Å². The highest BCUT2D eigenvalue weighted by molar-refractivity contribution is 5.23. The van der Waals surface area contributed by atoms with Gasteiger partial charge in [0.2, 0.25) is 5.89 Å². The first-order valence-corrected chi connectivity index (χ1v) is 9.91. The molecule has 1 aromatic heterocycles. The zero-order valence-corrected chi connectivity index (χ0v) is 15.7. The Morgan fingerprint density at radius 3 is 2.20 bits per heavy atom. The summed E-state index contributed by atoms with van der Waals surface area (Å²) >= 11 is 0. The molecule has 0 atom stereocenters. The molecule has 2 N–H and O–H groups in total. The molecule has 0 aliphatic rings. The molecular formula is C21H33N3O. The van der Waals surface area contributed by atoms with Crippen LogP contribution in [0.1, 0.15) is 74.7 Å². The van der Waals surface area contributed by atoms with Crippen molar-refractivity contribution in [1.82, 2.24) is 10.1 Å². The molecule has 1 heterocycles. The Balaban J connectivity index is 1.66. The van der Waals surface area contributed by atoms with Gasteiger partial charge in [-0.05, 0) is 43.4 Å². The summed E-state index contributed by atoms with van der Waals surface area (Å²) in [5.74, 6) is 1.50. The molecule has 0 saturated carbocycles. The number of hydrogen-bond donors (Lipinski definition) is 1. The number of nitrogens with zero attached hydrogens (tertiary/aromatic N) is 2. The number of benzene rings is 1. The molecule has 0 fully saturated rings. The van der Waals surface area contributed by atoms with Crippen LogP contribution >= 0.6 is 0 Å². The highest BCUT2D eigenvalue weighted by atomic mass is 16.5. The molecule has 0 unspecified atom stereocenters. The van der Waals surface area contributed by atoms with Gasteiger partial charge in [-0.1, -0.05) is 68.4 Å². The Labute approximate surface area is 152 Å². The van der Waals surface area contributed by atoms with E-state index in [4.69, 9.17) is 10.3 Å². The summed E-state index contributed by atoms with van der Waals surface area (Å²) in [6, 6.07) is 9.01. The Kier molecular flexibility index (Phi) is 9.27. The van der Waals surface area contributed by atoms with Gasteiger partial charge in [0, 0.05) is 12.8 Å². The fourth-order valence-electron chi connectivity index (χ4n) is 2.98. The van der Waals surface area contributed by atoms with Gasteiger partial charge in [0.05, 0.1) is 0 Å². The number of nitrogens with two attached hydrogens (primary N) is 1. The van der Waals surface area contributed by atoms with Crippen LogP contribution in [0.4, 0.5) is 0 Å². The van der Waals surface area contributed by atoms with Crippen LogP contribution in [0, 0.1) is 0 Å². The molecular weight excluding hydrogens is 310 g/mol. The van der Waals surface area contributed by atoms with Gasteiger partial charge >= 0.3 is 0 Å². The highest BCUT2D eigenvalue weighted by Gasteiger charge is 2.06. The second-order valence-corrected chi connectivity index (χ2v) is 6.83. The van der Waals surface area contributed by atoms with Crippen LogP contribution in [-0.4, -0.2) is 16.7 Å². The lowest BCUT2D eigenvalue weighted by Crippen LogP contribution is -2.00. The van der Waals surface area contributed by atoms with E-state index in [1.165, 1.54) is 56.1 Å². The Bertz CT molecular complexity index is 577. The minimum Gasteiger partial charge on any atom is -0.339 e. The van der Waals surface area contributed by atoms with Crippen LogP contribution in [0.5, 0.6) is 0 Å². The summed E-state index contributed by atoms with van der Waals surface area (Å²) in [4.78, 5) is 4.42. The molecule has 0 aliphatic heterocycles. The maximum Gasteiger partial charge on any atom is 0.226 e. The monoisotopic (exact) mass is 343 g/mol. The van der Waals surface area contributed by atoms with E-state index in [0.717, 1.165) is 31.5 Å². The van der Waals surface area contributed by atoms with E-state index < -0.39 is 0 Å². The van der Waals surface area contributed by atoms with Crippen LogP contribution in [0.15, 0.2) is 28.8 Å². The van der Waals surface area contributed by atoms with Gasteiger partial charge in [-0.3, -0.25) is 0 Å². The first-order valence-electron chi connectivity index (χ1n) is 9.91. The molecule has 4 heteroatoms. The molecule has 0 spiro atoms. The molecule has 2 rings (SSSR count). The van der Waals surface area contributed by atoms with Crippen LogP contribution in [0.3, 0.4) is 0 Å². The minimum absolute atomic E-state index is 0.656. The number of unbranched alkanes of at least 4 members (excludes halogenated alkanes) is 5. The smallest absolute Gasteiger partial charge is 0.226 e. The van der Waals surface area contributed by atoms with Crippen LogP contribution in [-0.2, 0) is 25.7 Å². The molecule has 0 bridgehead atoms. The number of hydrogen-bond acceptors (Lipinski definition) is 4. The number of rotatable bonds is 13. The van der Waals surface area contributed by atoms with Gasteiger partial charge in [0.15, 0.2) is 5.82 Å².